The zero-order chi connectivity index (χ0) is 11.5. The third-order valence-electron chi connectivity index (χ3n) is 2.43. The molecule has 84 valence electrons. The topological polar surface area (TPSA) is 38.1 Å². The van der Waals surface area contributed by atoms with E-state index >= 15 is 0 Å². The van der Waals surface area contributed by atoms with E-state index in [2.05, 4.69) is 4.98 Å². The molecule has 4 heteroatoms. The average Bonchev–Trinajstić information content (AvgIpc) is 2.62. The van der Waals surface area contributed by atoms with Crippen molar-refractivity contribution in [2.75, 3.05) is 6.61 Å². The molecule has 0 amide bonds. The maximum absolute atomic E-state index is 12.8. The van der Waals surface area contributed by atoms with Crippen molar-refractivity contribution in [1.29, 1.82) is 0 Å². The third-order valence-corrected chi connectivity index (χ3v) is 2.43. The Morgan fingerprint density at radius 2 is 2.00 bits per heavy atom. The number of hydrogen-bond acceptors (Lipinski definition) is 2. The Hall–Kier alpha value is -1.68. The predicted octanol–water partition coefficient (Wildman–Crippen LogP) is 1.85. The van der Waals surface area contributed by atoms with Crippen LogP contribution in [-0.4, -0.2) is 21.3 Å². The molecule has 0 saturated heterocycles. The van der Waals surface area contributed by atoms with Crippen LogP contribution in [0.1, 0.15) is 11.5 Å². The molecule has 0 aliphatic rings. The van der Waals surface area contributed by atoms with Gasteiger partial charge in [0.2, 0.25) is 0 Å². The number of nitrogens with zero attached hydrogens (tertiary/aromatic N) is 2. The van der Waals surface area contributed by atoms with E-state index in [0.29, 0.717) is 6.42 Å². The molecule has 2 rings (SSSR count). The number of imidazole rings is 1. The monoisotopic (exact) mass is 220 g/mol. The molecule has 1 aromatic carbocycles. The lowest BCUT2D eigenvalue weighted by atomic mass is 10.3. The second-order valence-electron chi connectivity index (χ2n) is 3.60. The zero-order valence-corrected chi connectivity index (χ0v) is 9.02. The first-order valence-electron chi connectivity index (χ1n) is 5.12. The number of aryl methyl sites for hydroxylation is 1. The molecule has 0 fully saturated rings. The van der Waals surface area contributed by atoms with Gasteiger partial charge in [0.15, 0.2) is 0 Å². The molecule has 0 unspecified atom stereocenters. The van der Waals surface area contributed by atoms with Gasteiger partial charge >= 0.3 is 0 Å². The number of rotatable bonds is 3. The van der Waals surface area contributed by atoms with Gasteiger partial charge in [0, 0.05) is 24.0 Å². The van der Waals surface area contributed by atoms with Crippen molar-refractivity contribution in [3.05, 3.63) is 47.8 Å². The highest BCUT2D eigenvalue weighted by molar-refractivity contribution is 5.35. The second kappa shape index (κ2) is 4.45. The molecule has 0 atom stereocenters. The zero-order valence-electron chi connectivity index (χ0n) is 9.02. The third kappa shape index (κ3) is 1.97. The van der Waals surface area contributed by atoms with Gasteiger partial charge in [0.25, 0.3) is 0 Å². The van der Waals surface area contributed by atoms with Crippen LogP contribution < -0.4 is 0 Å². The van der Waals surface area contributed by atoms with E-state index in [1.165, 1.54) is 12.1 Å². The van der Waals surface area contributed by atoms with Crippen molar-refractivity contribution in [1.82, 2.24) is 9.55 Å². The number of aliphatic hydroxyl groups excluding tert-OH is 1. The molecular formula is C12H13FN2O. The summed E-state index contributed by atoms with van der Waals surface area (Å²) in [4.78, 5) is 4.21. The lowest BCUT2D eigenvalue weighted by molar-refractivity contribution is 0.296. The van der Waals surface area contributed by atoms with Crippen LogP contribution in [0.4, 0.5) is 4.39 Å². The summed E-state index contributed by atoms with van der Waals surface area (Å²) in [5, 5.41) is 8.93. The summed E-state index contributed by atoms with van der Waals surface area (Å²) in [6.07, 6.45) is 2.24. The average molecular weight is 220 g/mol. The fourth-order valence-corrected chi connectivity index (χ4v) is 1.71. The second-order valence-corrected chi connectivity index (χ2v) is 3.60. The van der Waals surface area contributed by atoms with Crippen LogP contribution >= 0.6 is 0 Å². The van der Waals surface area contributed by atoms with Gasteiger partial charge in [-0.05, 0) is 31.2 Å². The summed E-state index contributed by atoms with van der Waals surface area (Å²) in [6, 6.07) is 6.23. The highest BCUT2D eigenvalue weighted by Crippen LogP contribution is 2.15. The van der Waals surface area contributed by atoms with E-state index in [9.17, 15) is 4.39 Å². The lowest BCUT2D eigenvalue weighted by Crippen LogP contribution is -2.05. The van der Waals surface area contributed by atoms with Crippen LogP contribution in [0.3, 0.4) is 0 Å². The molecule has 0 aliphatic heterocycles. The van der Waals surface area contributed by atoms with E-state index in [4.69, 9.17) is 5.11 Å². The molecule has 0 spiro atoms. The van der Waals surface area contributed by atoms with E-state index in [1.54, 1.807) is 18.3 Å². The minimum Gasteiger partial charge on any atom is -0.396 e. The van der Waals surface area contributed by atoms with Gasteiger partial charge in [-0.3, -0.25) is 0 Å². The number of aliphatic hydroxyl groups is 1. The Labute approximate surface area is 93.2 Å². The first kappa shape index (κ1) is 10.8. The summed E-state index contributed by atoms with van der Waals surface area (Å²) in [6.45, 7) is 1.98. The Morgan fingerprint density at radius 1 is 1.31 bits per heavy atom. The van der Waals surface area contributed by atoms with E-state index in [1.807, 2.05) is 11.5 Å². The van der Waals surface area contributed by atoms with Crippen molar-refractivity contribution in [3.8, 4) is 5.69 Å². The van der Waals surface area contributed by atoms with Gasteiger partial charge in [-0.1, -0.05) is 0 Å². The fourth-order valence-electron chi connectivity index (χ4n) is 1.71. The summed E-state index contributed by atoms with van der Waals surface area (Å²) in [5.74, 6) is 0.525. The standard InChI is InChI=1S/C12H13FN2O/c1-9-8-14-12(6-7-16)15(9)11-4-2-10(13)3-5-11/h2-5,8,16H,6-7H2,1H3. The first-order chi connectivity index (χ1) is 7.72. The maximum Gasteiger partial charge on any atom is 0.123 e. The number of benzene rings is 1. The van der Waals surface area contributed by atoms with Gasteiger partial charge in [-0.2, -0.15) is 0 Å². The van der Waals surface area contributed by atoms with Crippen LogP contribution in [0.5, 0.6) is 0 Å². The molecular weight excluding hydrogens is 207 g/mol. The first-order valence-corrected chi connectivity index (χ1v) is 5.12. The smallest absolute Gasteiger partial charge is 0.123 e. The molecule has 1 aromatic heterocycles. The van der Waals surface area contributed by atoms with Crippen LogP contribution in [0.15, 0.2) is 30.5 Å². The van der Waals surface area contributed by atoms with E-state index in [-0.39, 0.29) is 12.4 Å². The highest BCUT2D eigenvalue weighted by atomic mass is 19.1. The summed E-state index contributed by atoms with van der Waals surface area (Å²) < 4.78 is 14.7. The SMILES string of the molecule is Cc1cnc(CCO)n1-c1ccc(F)cc1. The minimum absolute atomic E-state index is 0.0532. The Balaban J connectivity index is 2.45. The number of aromatic nitrogens is 2. The number of halogens is 1. The van der Waals surface area contributed by atoms with Crippen molar-refractivity contribution in [3.63, 3.8) is 0 Å². The molecule has 1 N–H and O–H groups in total. The molecule has 16 heavy (non-hydrogen) atoms. The molecule has 0 bridgehead atoms. The number of hydrogen-bond donors (Lipinski definition) is 1. The molecule has 2 aromatic rings. The van der Waals surface area contributed by atoms with E-state index in [0.717, 1.165) is 17.2 Å². The Kier molecular flexibility index (Phi) is 3.01. The van der Waals surface area contributed by atoms with Crippen LogP contribution in [-0.2, 0) is 6.42 Å². The van der Waals surface area contributed by atoms with Gasteiger partial charge in [0.1, 0.15) is 11.6 Å². The Bertz CT molecular complexity index is 476. The van der Waals surface area contributed by atoms with Crippen molar-refractivity contribution < 1.29 is 9.50 Å². The van der Waals surface area contributed by atoms with Crippen molar-refractivity contribution in [2.45, 2.75) is 13.3 Å². The van der Waals surface area contributed by atoms with Crippen LogP contribution in [0.2, 0.25) is 0 Å². The largest absolute Gasteiger partial charge is 0.396 e. The maximum atomic E-state index is 12.8. The van der Waals surface area contributed by atoms with Gasteiger partial charge in [0.05, 0.1) is 6.61 Å². The van der Waals surface area contributed by atoms with Gasteiger partial charge in [-0.25, -0.2) is 9.37 Å². The lowest BCUT2D eigenvalue weighted by Gasteiger charge is -2.09. The predicted molar refractivity (Wildman–Crippen MR) is 59.0 cm³/mol. The molecule has 3 nitrogen and oxygen atoms in total. The fraction of sp³-hybridized carbons (Fsp3) is 0.250. The molecule has 0 radical (unpaired) electrons. The molecule has 1 heterocycles. The van der Waals surface area contributed by atoms with Gasteiger partial charge < -0.3 is 9.67 Å². The normalized spacial score (nSPS) is 10.7. The summed E-state index contributed by atoms with van der Waals surface area (Å²) in [7, 11) is 0. The highest BCUT2D eigenvalue weighted by Gasteiger charge is 2.08. The summed E-state index contributed by atoms with van der Waals surface area (Å²) >= 11 is 0. The van der Waals surface area contributed by atoms with Gasteiger partial charge in [-0.15, -0.1) is 0 Å². The van der Waals surface area contributed by atoms with E-state index < -0.39 is 0 Å². The Morgan fingerprint density at radius 3 is 2.62 bits per heavy atom. The summed E-state index contributed by atoms with van der Waals surface area (Å²) in [5.41, 5.74) is 1.83. The quantitative estimate of drug-likeness (QED) is 0.857. The van der Waals surface area contributed by atoms with Crippen LogP contribution in [0.25, 0.3) is 5.69 Å². The molecule has 0 saturated carbocycles. The van der Waals surface area contributed by atoms with Crippen molar-refractivity contribution >= 4 is 0 Å². The van der Waals surface area contributed by atoms with Crippen LogP contribution in [0, 0.1) is 12.7 Å². The minimum atomic E-state index is -0.259. The van der Waals surface area contributed by atoms with Crippen molar-refractivity contribution in [2.24, 2.45) is 0 Å². The molecule has 0 aliphatic carbocycles.